The second-order valence-corrected chi connectivity index (χ2v) is 7.84. The van der Waals surface area contributed by atoms with Gasteiger partial charge in [0.05, 0.1) is 12.6 Å². The van der Waals surface area contributed by atoms with Crippen LogP contribution in [0.3, 0.4) is 0 Å². The van der Waals surface area contributed by atoms with Gasteiger partial charge in [0.25, 0.3) is 5.91 Å². The van der Waals surface area contributed by atoms with Gasteiger partial charge in [-0.25, -0.2) is 4.98 Å². The van der Waals surface area contributed by atoms with Gasteiger partial charge in [-0.2, -0.15) is 0 Å². The number of pyridine rings is 1. The minimum absolute atomic E-state index is 0.159. The van der Waals surface area contributed by atoms with E-state index in [1.54, 1.807) is 6.07 Å². The van der Waals surface area contributed by atoms with E-state index in [9.17, 15) is 9.90 Å². The number of hydrogen-bond acceptors (Lipinski definition) is 5. The highest BCUT2D eigenvalue weighted by Gasteiger charge is 2.18. The minimum atomic E-state index is -0.450. The van der Waals surface area contributed by atoms with E-state index in [-0.39, 0.29) is 12.5 Å². The van der Waals surface area contributed by atoms with E-state index in [4.69, 9.17) is 4.98 Å². The normalized spacial score (nSPS) is 11.7. The fourth-order valence-corrected chi connectivity index (χ4v) is 3.35. The van der Waals surface area contributed by atoms with Crippen LogP contribution >= 0.6 is 0 Å². The van der Waals surface area contributed by atoms with Crippen LogP contribution in [0.25, 0.3) is 0 Å². The third kappa shape index (κ3) is 7.87. The van der Waals surface area contributed by atoms with Crippen LogP contribution in [-0.4, -0.2) is 42.2 Å². The number of amides is 1. The van der Waals surface area contributed by atoms with E-state index >= 15 is 0 Å². The lowest BCUT2D eigenvalue weighted by Crippen LogP contribution is -2.32. The molecule has 1 aromatic carbocycles. The Morgan fingerprint density at radius 1 is 1.03 bits per heavy atom. The summed E-state index contributed by atoms with van der Waals surface area (Å²) in [5.74, 6) is 1.33. The van der Waals surface area contributed by atoms with Crippen molar-refractivity contribution in [2.45, 2.75) is 58.9 Å². The Balaban J connectivity index is 2.30. The van der Waals surface area contributed by atoms with Crippen molar-refractivity contribution in [3.63, 3.8) is 0 Å². The predicted octanol–water partition coefficient (Wildman–Crippen LogP) is 4.77. The summed E-state index contributed by atoms with van der Waals surface area (Å²) in [6.45, 7) is 8.95. The number of rotatable bonds is 14. The quantitative estimate of drug-likeness (QED) is 0.405. The summed E-state index contributed by atoms with van der Waals surface area (Å²) >= 11 is 0. The van der Waals surface area contributed by atoms with Crippen LogP contribution in [0.5, 0.6) is 0 Å². The fourth-order valence-electron chi connectivity index (χ4n) is 3.35. The van der Waals surface area contributed by atoms with Crippen LogP contribution in [0.4, 0.5) is 11.6 Å². The van der Waals surface area contributed by atoms with Crippen LogP contribution < -0.4 is 15.5 Å². The number of nitrogens with zero attached hydrogens (tertiary/aromatic N) is 2. The topological polar surface area (TPSA) is 77.5 Å². The van der Waals surface area contributed by atoms with Gasteiger partial charge in [0.15, 0.2) is 0 Å². The van der Waals surface area contributed by atoms with Crippen LogP contribution in [0.1, 0.15) is 74.8 Å². The van der Waals surface area contributed by atoms with Gasteiger partial charge in [-0.3, -0.25) is 4.79 Å². The van der Waals surface area contributed by atoms with Crippen molar-refractivity contribution >= 4 is 17.5 Å². The molecule has 0 aliphatic rings. The molecule has 0 radical (unpaired) electrons. The number of carbonyl (C=O) groups is 1. The number of aromatic nitrogens is 1. The Hall–Kier alpha value is -2.60. The third-order valence-electron chi connectivity index (χ3n) is 5.21. The third-order valence-corrected chi connectivity index (χ3v) is 5.21. The van der Waals surface area contributed by atoms with Gasteiger partial charge in [0.1, 0.15) is 11.6 Å². The van der Waals surface area contributed by atoms with Crippen molar-refractivity contribution in [2.24, 2.45) is 0 Å². The highest BCUT2D eigenvalue weighted by atomic mass is 16.3. The van der Waals surface area contributed by atoms with Crippen molar-refractivity contribution in [3.05, 3.63) is 53.6 Å². The molecule has 1 aromatic heterocycles. The lowest BCUT2D eigenvalue weighted by molar-refractivity contribution is 0.0916. The van der Waals surface area contributed by atoms with Crippen molar-refractivity contribution in [1.29, 1.82) is 0 Å². The molecule has 3 N–H and O–H groups in total. The number of nitrogens with one attached hydrogen (secondary N) is 2. The fraction of sp³-hybridized carbons (Fsp3) is 0.520. The molecule has 0 bridgehead atoms. The zero-order chi connectivity index (χ0) is 22.5. The zero-order valence-electron chi connectivity index (χ0n) is 19.2. The summed E-state index contributed by atoms with van der Waals surface area (Å²) in [6, 6.07) is 12.8. The summed E-state index contributed by atoms with van der Waals surface area (Å²) < 4.78 is 0. The molecule has 1 amide bonds. The summed E-state index contributed by atoms with van der Waals surface area (Å²) in [5, 5.41) is 16.1. The largest absolute Gasteiger partial charge is 0.394 e. The van der Waals surface area contributed by atoms with Crippen molar-refractivity contribution in [3.8, 4) is 0 Å². The highest BCUT2D eigenvalue weighted by Crippen LogP contribution is 2.21. The number of anilines is 2. The SMILES string of the molecule is CCCCN(CCCC)c1cc(C(=O)NC(CO)c2ccccc2)cc(NCCC)n1. The van der Waals surface area contributed by atoms with E-state index in [0.29, 0.717) is 11.4 Å². The van der Waals surface area contributed by atoms with E-state index in [2.05, 4.69) is 36.3 Å². The maximum Gasteiger partial charge on any atom is 0.252 e. The summed E-state index contributed by atoms with van der Waals surface area (Å²) in [5.41, 5.74) is 1.43. The first-order valence-corrected chi connectivity index (χ1v) is 11.6. The lowest BCUT2D eigenvalue weighted by Gasteiger charge is -2.25. The molecule has 0 spiro atoms. The molecule has 6 heteroatoms. The molecule has 1 atom stereocenters. The van der Waals surface area contributed by atoms with Gasteiger partial charge in [-0.05, 0) is 37.0 Å². The van der Waals surface area contributed by atoms with Gasteiger partial charge in [-0.1, -0.05) is 63.9 Å². The van der Waals surface area contributed by atoms with Crippen molar-refractivity contribution in [1.82, 2.24) is 10.3 Å². The van der Waals surface area contributed by atoms with Crippen molar-refractivity contribution < 1.29 is 9.90 Å². The maximum atomic E-state index is 13.1. The monoisotopic (exact) mass is 426 g/mol. The second-order valence-electron chi connectivity index (χ2n) is 7.84. The van der Waals surface area contributed by atoms with E-state index in [1.165, 1.54) is 0 Å². The summed E-state index contributed by atoms with van der Waals surface area (Å²) in [7, 11) is 0. The first-order valence-electron chi connectivity index (χ1n) is 11.6. The molecule has 0 saturated heterocycles. The molecule has 31 heavy (non-hydrogen) atoms. The Morgan fingerprint density at radius 2 is 1.71 bits per heavy atom. The van der Waals surface area contributed by atoms with Gasteiger partial charge in [0, 0.05) is 25.2 Å². The van der Waals surface area contributed by atoms with Gasteiger partial charge < -0.3 is 20.6 Å². The Bertz CT molecular complexity index is 774. The van der Waals surface area contributed by atoms with Crippen LogP contribution in [0.2, 0.25) is 0 Å². The maximum absolute atomic E-state index is 13.1. The Morgan fingerprint density at radius 3 is 2.29 bits per heavy atom. The minimum Gasteiger partial charge on any atom is -0.394 e. The second kappa shape index (κ2) is 13.7. The van der Waals surface area contributed by atoms with Gasteiger partial charge in [-0.15, -0.1) is 0 Å². The molecular weight excluding hydrogens is 388 g/mol. The summed E-state index contributed by atoms with van der Waals surface area (Å²) in [6.07, 6.45) is 5.36. The molecule has 0 aliphatic carbocycles. The molecule has 6 nitrogen and oxygen atoms in total. The smallest absolute Gasteiger partial charge is 0.252 e. The molecule has 0 aliphatic heterocycles. The lowest BCUT2D eigenvalue weighted by atomic mass is 10.1. The molecule has 0 fully saturated rings. The molecular formula is C25H38N4O2. The van der Waals surface area contributed by atoms with Gasteiger partial charge in [0.2, 0.25) is 0 Å². The van der Waals surface area contributed by atoms with Crippen molar-refractivity contribution in [2.75, 3.05) is 36.5 Å². The number of aliphatic hydroxyl groups excluding tert-OH is 1. The number of aliphatic hydroxyl groups is 1. The molecule has 0 saturated carbocycles. The average molecular weight is 427 g/mol. The van der Waals surface area contributed by atoms with Gasteiger partial charge >= 0.3 is 0 Å². The highest BCUT2D eigenvalue weighted by molar-refractivity contribution is 5.96. The van der Waals surface area contributed by atoms with E-state index in [0.717, 1.165) is 63.1 Å². The van der Waals surface area contributed by atoms with Crippen LogP contribution in [0, 0.1) is 0 Å². The molecule has 2 rings (SSSR count). The molecule has 1 unspecified atom stereocenters. The van der Waals surface area contributed by atoms with E-state index in [1.807, 2.05) is 36.4 Å². The predicted molar refractivity (Wildman–Crippen MR) is 129 cm³/mol. The first-order chi connectivity index (χ1) is 15.1. The Kier molecular flexibility index (Phi) is 10.9. The first kappa shape index (κ1) is 24.7. The van der Waals surface area contributed by atoms with Crippen LogP contribution in [-0.2, 0) is 0 Å². The molecule has 2 aromatic rings. The number of unbranched alkanes of at least 4 members (excludes halogenated alkanes) is 2. The number of hydrogen-bond donors (Lipinski definition) is 3. The molecule has 1 heterocycles. The average Bonchev–Trinajstić information content (AvgIpc) is 2.81. The zero-order valence-corrected chi connectivity index (χ0v) is 19.2. The number of benzene rings is 1. The van der Waals surface area contributed by atoms with E-state index < -0.39 is 6.04 Å². The molecule has 170 valence electrons. The Labute approximate surface area is 187 Å². The van der Waals surface area contributed by atoms with Crippen LogP contribution in [0.15, 0.2) is 42.5 Å². The number of carbonyl (C=O) groups excluding carboxylic acids is 1. The standard InChI is InChI=1S/C25H38N4O2/c1-4-7-15-29(16-8-5-2)24-18-21(17-23(28-24)26-14-6-3)25(31)27-22(19-30)20-12-10-9-11-13-20/h9-13,17-18,22,30H,4-8,14-16,19H2,1-3H3,(H,26,28)(H,27,31). The summed E-state index contributed by atoms with van der Waals surface area (Å²) in [4.78, 5) is 20.2.